The van der Waals surface area contributed by atoms with Crippen LogP contribution in [-0.2, 0) is 24.4 Å². The summed E-state index contributed by atoms with van der Waals surface area (Å²) in [7, 11) is -4.40. The van der Waals surface area contributed by atoms with Crippen LogP contribution in [0.4, 0.5) is 0 Å². The summed E-state index contributed by atoms with van der Waals surface area (Å²) in [5.41, 5.74) is 0.426. The van der Waals surface area contributed by atoms with E-state index in [9.17, 15) is 17.8 Å². The molecule has 1 saturated carbocycles. The van der Waals surface area contributed by atoms with E-state index in [1.54, 1.807) is 0 Å². The van der Waals surface area contributed by atoms with Crippen molar-refractivity contribution in [2.75, 3.05) is 19.2 Å². The van der Waals surface area contributed by atoms with Gasteiger partial charge in [-0.1, -0.05) is 53.2 Å². The first kappa shape index (κ1) is 32.1. The molecule has 0 N–H and O–H groups in total. The van der Waals surface area contributed by atoms with Crippen molar-refractivity contribution < 1.29 is 56.8 Å². The monoisotopic (exact) mass is 482 g/mol. The molecule has 0 aromatic carbocycles. The van der Waals surface area contributed by atoms with Crippen molar-refractivity contribution in [3.8, 4) is 0 Å². The molecule has 1 rings (SSSR count). The van der Waals surface area contributed by atoms with Gasteiger partial charge in [0.2, 0.25) is 0 Å². The van der Waals surface area contributed by atoms with Crippen LogP contribution in [-0.4, -0.2) is 38.1 Å². The SMILES string of the molecule is CCC(CC=CCCC(C)C(=O)OCCOCS(=O)(=O)[O-])C1CCC(C(C)(C)C)CC1.[Na+]. The fourth-order valence-electron chi connectivity index (χ4n) is 4.51. The van der Waals surface area contributed by atoms with Gasteiger partial charge in [-0.25, -0.2) is 8.42 Å². The Morgan fingerprint density at radius 2 is 1.75 bits per heavy atom. The smallest absolute Gasteiger partial charge is 0.746 e. The summed E-state index contributed by atoms with van der Waals surface area (Å²) >= 11 is 0. The zero-order valence-electron chi connectivity index (χ0n) is 21.1. The number of esters is 1. The van der Waals surface area contributed by atoms with E-state index in [-0.39, 0.29) is 54.7 Å². The maximum Gasteiger partial charge on any atom is 1.00 e. The molecule has 0 aromatic heterocycles. The fraction of sp³-hybridized carbons (Fsp3) is 0.875. The number of carbonyl (C=O) groups excluding carboxylic acids is 1. The molecule has 0 radical (unpaired) electrons. The van der Waals surface area contributed by atoms with Crippen molar-refractivity contribution in [1.82, 2.24) is 0 Å². The average Bonchev–Trinajstić information content (AvgIpc) is 2.68. The molecule has 0 spiro atoms. The Bertz CT molecular complexity index is 648. The summed E-state index contributed by atoms with van der Waals surface area (Å²) in [6, 6.07) is 0. The largest absolute Gasteiger partial charge is 1.00 e. The third-order valence-corrected chi connectivity index (χ3v) is 7.12. The van der Waals surface area contributed by atoms with E-state index < -0.39 is 16.1 Å². The second-order valence-corrected chi connectivity index (χ2v) is 11.4. The maximum absolute atomic E-state index is 11.9. The van der Waals surface area contributed by atoms with Gasteiger partial charge in [0.1, 0.15) is 22.7 Å². The standard InChI is InChI=1S/C24H44O6S.Na/c1-6-20(21-12-14-22(15-13-21)24(3,4)5)11-9-7-8-10-19(2)23(25)30-17-16-29-18-31(26,27)28;/h7,9,19-22H,6,8,10-18H2,1-5H3,(H,26,27,28);/q;+1/p-1. The van der Waals surface area contributed by atoms with Crippen LogP contribution in [0.2, 0.25) is 0 Å². The molecule has 8 heteroatoms. The van der Waals surface area contributed by atoms with Crippen LogP contribution in [0.1, 0.15) is 86.0 Å². The van der Waals surface area contributed by atoms with E-state index >= 15 is 0 Å². The van der Waals surface area contributed by atoms with E-state index in [1.165, 1.54) is 32.1 Å². The van der Waals surface area contributed by atoms with Gasteiger partial charge in [-0.2, -0.15) is 0 Å². The Labute approximate surface area is 218 Å². The molecule has 1 aliphatic rings. The minimum Gasteiger partial charge on any atom is -0.746 e. The van der Waals surface area contributed by atoms with Crippen molar-refractivity contribution in [1.29, 1.82) is 0 Å². The quantitative estimate of drug-likeness (QED) is 0.131. The second kappa shape index (κ2) is 15.9. The zero-order chi connectivity index (χ0) is 23.5. The van der Waals surface area contributed by atoms with Crippen LogP contribution in [0.3, 0.4) is 0 Å². The number of rotatable bonds is 13. The van der Waals surface area contributed by atoms with E-state index in [4.69, 9.17) is 4.74 Å². The van der Waals surface area contributed by atoms with Crippen molar-refractivity contribution in [2.24, 2.45) is 29.1 Å². The molecule has 2 unspecified atom stereocenters. The molecule has 2 atom stereocenters. The predicted molar refractivity (Wildman–Crippen MR) is 122 cm³/mol. The summed E-state index contributed by atoms with van der Waals surface area (Å²) in [6.07, 6.45) is 13.7. The molecule has 6 nitrogen and oxygen atoms in total. The van der Waals surface area contributed by atoms with E-state index in [0.717, 1.165) is 30.6 Å². The summed E-state index contributed by atoms with van der Waals surface area (Å²) < 4.78 is 41.0. The summed E-state index contributed by atoms with van der Waals surface area (Å²) in [5, 5.41) is 0. The number of allylic oxidation sites excluding steroid dienone is 2. The van der Waals surface area contributed by atoms with Crippen LogP contribution in [0, 0.1) is 29.1 Å². The average molecular weight is 483 g/mol. The Kier molecular flexibility index (Phi) is 15.9. The molecular weight excluding hydrogens is 439 g/mol. The molecule has 32 heavy (non-hydrogen) atoms. The topological polar surface area (TPSA) is 92.7 Å². The van der Waals surface area contributed by atoms with Gasteiger partial charge in [0.05, 0.1) is 12.5 Å². The predicted octanol–water partition coefficient (Wildman–Crippen LogP) is 2.29. The molecular formula is C24H43NaO6S. The molecule has 0 saturated heterocycles. The number of hydrogen-bond acceptors (Lipinski definition) is 6. The Morgan fingerprint density at radius 1 is 1.12 bits per heavy atom. The zero-order valence-corrected chi connectivity index (χ0v) is 23.9. The van der Waals surface area contributed by atoms with E-state index in [0.29, 0.717) is 11.8 Å². The molecule has 0 aliphatic heterocycles. The second-order valence-electron chi connectivity index (χ2n) is 10.1. The van der Waals surface area contributed by atoms with E-state index in [1.807, 2.05) is 6.92 Å². The minimum absolute atomic E-state index is 0. The van der Waals surface area contributed by atoms with Gasteiger partial charge in [-0.3, -0.25) is 4.79 Å². The van der Waals surface area contributed by atoms with Gasteiger partial charge in [-0.15, -0.1) is 0 Å². The van der Waals surface area contributed by atoms with Crippen LogP contribution in [0.5, 0.6) is 0 Å². The minimum atomic E-state index is -4.40. The molecule has 1 aliphatic carbocycles. The van der Waals surface area contributed by atoms with Crippen LogP contribution in [0.25, 0.3) is 0 Å². The summed E-state index contributed by atoms with van der Waals surface area (Å²) in [4.78, 5) is 11.9. The summed E-state index contributed by atoms with van der Waals surface area (Å²) in [5.74, 6) is 0.969. The first-order valence-corrected chi connectivity index (χ1v) is 13.3. The van der Waals surface area contributed by atoms with Crippen LogP contribution < -0.4 is 29.6 Å². The number of carbonyl (C=O) groups is 1. The molecule has 182 valence electrons. The van der Waals surface area contributed by atoms with Gasteiger partial charge in [0.25, 0.3) is 0 Å². The van der Waals surface area contributed by atoms with Crippen molar-refractivity contribution in [3.05, 3.63) is 12.2 Å². The van der Waals surface area contributed by atoms with Crippen LogP contribution in [0.15, 0.2) is 12.2 Å². The fourth-order valence-corrected chi connectivity index (χ4v) is 4.83. The van der Waals surface area contributed by atoms with Gasteiger partial charge < -0.3 is 14.0 Å². The normalized spacial score (nSPS) is 21.7. The molecule has 0 heterocycles. The van der Waals surface area contributed by atoms with Crippen molar-refractivity contribution in [3.63, 3.8) is 0 Å². The summed E-state index contributed by atoms with van der Waals surface area (Å²) in [6.45, 7) is 11.1. The number of hydrogen-bond donors (Lipinski definition) is 0. The van der Waals surface area contributed by atoms with Crippen LogP contribution >= 0.6 is 0 Å². The molecule has 1 fully saturated rings. The van der Waals surface area contributed by atoms with E-state index in [2.05, 4.69) is 44.6 Å². The Balaban J connectivity index is 0.00000961. The maximum atomic E-state index is 11.9. The Hall–Kier alpha value is 0.0800. The molecule has 0 amide bonds. The van der Waals surface area contributed by atoms with Gasteiger partial charge >= 0.3 is 35.5 Å². The van der Waals surface area contributed by atoms with Gasteiger partial charge in [0.15, 0.2) is 0 Å². The van der Waals surface area contributed by atoms with Crippen molar-refractivity contribution >= 4 is 16.1 Å². The van der Waals surface area contributed by atoms with Crippen molar-refractivity contribution in [2.45, 2.75) is 86.0 Å². The Morgan fingerprint density at radius 3 is 2.28 bits per heavy atom. The first-order valence-electron chi connectivity index (χ1n) is 11.8. The first-order chi connectivity index (χ1) is 14.4. The van der Waals surface area contributed by atoms with Gasteiger partial charge in [-0.05, 0) is 68.1 Å². The third-order valence-electron chi connectivity index (χ3n) is 6.66. The molecule has 0 bridgehead atoms. The third kappa shape index (κ3) is 13.7. The molecule has 0 aromatic rings. The van der Waals surface area contributed by atoms with Gasteiger partial charge in [0, 0.05) is 0 Å². The number of ether oxygens (including phenoxy) is 2.